The van der Waals surface area contributed by atoms with Gasteiger partial charge in [0.05, 0.1) is 18.7 Å². The first-order valence-corrected chi connectivity index (χ1v) is 8.70. The second-order valence-corrected chi connectivity index (χ2v) is 7.11. The number of ether oxygens (including phenoxy) is 2. The minimum Gasteiger partial charge on any atom is -0.496 e. The van der Waals surface area contributed by atoms with Gasteiger partial charge in [-0.1, -0.05) is 12.1 Å². The summed E-state index contributed by atoms with van der Waals surface area (Å²) in [6.45, 7) is 4.97. The maximum Gasteiger partial charge on any atom is 0.255 e. The van der Waals surface area contributed by atoms with Crippen LogP contribution in [0.2, 0.25) is 0 Å². The fourth-order valence-corrected chi connectivity index (χ4v) is 3.23. The lowest BCUT2D eigenvalue weighted by molar-refractivity contribution is -0.0627. The van der Waals surface area contributed by atoms with Crippen LogP contribution in [-0.4, -0.2) is 35.6 Å². The van der Waals surface area contributed by atoms with Gasteiger partial charge in [0.25, 0.3) is 5.91 Å². The molecule has 0 aromatic heterocycles. The number of aliphatic hydroxyl groups is 1. The van der Waals surface area contributed by atoms with Crippen LogP contribution in [0.5, 0.6) is 11.5 Å². The molecule has 0 spiro atoms. The van der Waals surface area contributed by atoms with Gasteiger partial charge < -0.3 is 19.9 Å². The molecular weight excluding hydrogens is 346 g/mol. The number of aliphatic hydroxyl groups excluding tert-OH is 1. The Balaban J connectivity index is 2.02. The third kappa shape index (κ3) is 3.53. The average Bonchev–Trinajstić information content (AvgIpc) is 2.64. The fraction of sp³-hybridized carbons (Fsp3) is 0.333. The van der Waals surface area contributed by atoms with Crippen molar-refractivity contribution in [2.24, 2.45) is 0 Å². The summed E-state index contributed by atoms with van der Waals surface area (Å²) in [5.41, 5.74) is 0.503. The van der Waals surface area contributed by atoms with Crippen molar-refractivity contribution in [1.29, 1.82) is 0 Å². The topological polar surface area (TPSA) is 84.9 Å². The Labute approximate surface area is 158 Å². The number of rotatable bonds is 4. The number of ketones is 1. The molecule has 0 saturated heterocycles. The number of carbonyl (C=O) groups is 2. The molecule has 2 atom stereocenters. The number of benzene rings is 2. The summed E-state index contributed by atoms with van der Waals surface area (Å²) in [6, 6.07) is 11.2. The zero-order chi connectivity index (χ0) is 19.8. The third-order valence-electron chi connectivity index (χ3n) is 4.79. The second kappa shape index (κ2) is 7.04. The van der Waals surface area contributed by atoms with Gasteiger partial charge in [-0.2, -0.15) is 0 Å². The number of hydrogen-bond acceptors (Lipinski definition) is 5. The number of carbonyl (C=O) groups excluding carboxylic acids is 2. The molecule has 0 radical (unpaired) electrons. The maximum absolute atomic E-state index is 12.9. The van der Waals surface area contributed by atoms with Crippen molar-refractivity contribution in [1.82, 2.24) is 5.32 Å². The average molecular weight is 369 g/mol. The van der Waals surface area contributed by atoms with Crippen molar-refractivity contribution < 1.29 is 24.2 Å². The van der Waals surface area contributed by atoms with E-state index in [-0.39, 0.29) is 11.7 Å². The normalized spacial score (nSPS) is 20.2. The van der Waals surface area contributed by atoms with Crippen LogP contribution in [0.25, 0.3) is 0 Å². The quantitative estimate of drug-likeness (QED) is 0.810. The van der Waals surface area contributed by atoms with Crippen LogP contribution in [0.4, 0.5) is 0 Å². The number of nitrogens with one attached hydrogen (secondary N) is 1. The maximum atomic E-state index is 12.9. The lowest BCUT2D eigenvalue weighted by atomic mass is 9.85. The largest absolute Gasteiger partial charge is 0.496 e. The van der Waals surface area contributed by atoms with Crippen molar-refractivity contribution in [3.8, 4) is 11.5 Å². The standard InChI is InChI=1S/C21H23NO5/c1-12(23)13-9-10-17-15(11-13)18(19(24)21(2,3)27-17)22-20(25)14-7-5-6-8-16(14)26-4/h5-11,18-19,24H,1-4H3,(H,22,25)/t18-,19+/m0/s1. The van der Waals surface area contributed by atoms with Gasteiger partial charge in [0, 0.05) is 11.1 Å². The summed E-state index contributed by atoms with van der Waals surface area (Å²) >= 11 is 0. The molecule has 0 fully saturated rings. The molecule has 1 heterocycles. The molecule has 142 valence electrons. The van der Waals surface area contributed by atoms with E-state index in [0.717, 1.165) is 0 Å². The molecule has 1 aliphatic heterocycles. The lowest BCUT2D eigenvalue weighted by Crippen LogP contribution is -2.53. The predicted molar refractivity (Wildman–Crippen MR) is 100 cm³/mol. The highest BCUT2D eigenvalue weighted by atomic mass is 16.5. The van der Waals surface area contributed by atoms with E-state index in [1.165, 1.54) is 14.0 Å². The van der Waals surface area contributed by atoms with Crippen LogP contribution in [-0.2, 0) is 0 Å². The molecule has 1 aliphatic rings. The monoisotopic (exact) mass is 369 g/mol. The Hall–Kier alpha value is -2.86. The smallest absolute Gasteiger partial charge is 0.255 e. The van der Waals surface area contributed by atoms with E-state index < -0.39 is 17.7 Å². The van der Waals surface area contributed by atoms with Crippen LogP contribution in [0.1, 0.15) is 53.1 Å². The summed E-state index contributed by atoms with van der Waals surface area (Å²) in [4.78, 5) is 24.6. The number of amides is 1. The Morgan fingerprint density at radius 1 is 1.19 bits per heavy atom. The minimum atomic E-state index is -1.01. The highest BCUT2D eigenvalue weighted by Crippen LogP contribution is 2.40. The molecule has 2 aromatic rings. The molecule has 3 rings (SSSR count). The van der Waals surface area contributed by atoms with Gasteiger partial charge in [0.1, 0.15) is 23.2 Å². The summed E-state index contributed by atoms with van der Waals surface area (Å²) in [7, 11) is 1.49. The van der Waals surface area contributed by atoms with Crippen molar-refractivity contribution in [3.05, 3.63) is 59.2 Å². The second-order valence-electron chi connectivity index (χ2n) is 7.11. The summed E-state index contributed by atoms with van der Waals surface area (Å²) in [5.74, 6) is 0.481. The lowest BCUT2D eigenvalue weighted by Gasteiger charge is -2.42. The van der Waals surface area contributed by atoms with E-state index >= 15 is 0 Å². The van der Waals surface area contributed by atoms with Gasteiger partial charge >= 0.3 is 0 Å². The van der Waals surface area contributed by atoms with E-state index in [2.05, 4.69) is 5.32 Å². The molecule has 0 aliphatic carbocycles. The predicted octanol–water partition coefficient (Wildman–Crippen LogP) is 2.90. The minimum absolute atomic E-state index is 0.105. The van der Waals surface area contributed by atoms with Gasteiger partial charge in [0.15, 0.2) is 5.78 Å². The SMILES string of the molecule is COc1ccccc1C(=O)N[C@H]1c2cc(C(C)=O)ccc2OC(C)(C)[C@@H]1O. The van der Waals surface area contributed by atoms with E-state index in [0.29, 0.717) is 28.2 Å². The molecule has 0 bridgehead atoms. The van der Waals surface area contributed by atoms with Crippen molar-refractivity contribution in [2.75, 3.05) is 7.11 Å². The summed E-state index contributed by atoms with van der Waals surface area (Å²) in [5, 5.41) is 13.7. The van der Waals surface area contributed by atoms with Gasteiger partial charge in [-0.15, -0.1) is 0 Å². The van der Waals surface area contributed by atoms with Crippen LogP contribution in [0.3, 0.4) is 0 Å². The molecule has 27 heavy (non-hydrogen) atoms. The first-order chi connectivity index (χ1) is 12.7. The molecule has 6 nitrogen and oxygen atoms in total. The first-order valence-electron chi connectivity index (χ1n) is 8.70. The fourth-order valence-electron chi connectivity index (χ4n) is 3.23. The first kappa shape index (κ1) is 18.9. The summed E-state index contributed by atoms with van der Waals surface area (Å²) in [6.07, 6.45) is -1.01. The molecule has 2 N–H and O–H groups in total. The Morgan fingerprint density at radius 3 is 2.56 bits per heavy atom. The van der Waals surface area contributed by atoms with E-state index in [1.54, 1.807) is 56.3 Å². The number of hydrogen-bond donors (Lipinski definition) is 2. The Bertz CT molecular complexity index is 890. The molecule has 1 amide bonds. The Morgan fingerprint density at radius 2 is 1.89 bits per heavy atom. The van der Waals surface area contributed by atoms with E-state index in [4.69, 9.17) is 9.47 Å². The number of fused-ring (bicyclic) bond motifs is 1. The zero-order valence-corrected chi connectivity index (χ0v) is 15.8. The molecule has 6 heteroatoms. The molecule has 2 aromatic carbocycles. The van der Waals surface area contributed by atoms with Crippen molar-refractivity contribution in [3.63, 3.8) is 0 Å². The van der Waals surface area contributed by atoms with Gasteiger partial charge in [-0.3, -0.25) is 9.59 Å². The van der Waals surface area contributed by atoms with Gasteiger partial charge in [0.2, 0.25) is 0 Å². The summed E-state index contributed by atoms with van der Waals surface area (Å²) < 4.78 is 11.1. The van der Waals surface area contributed by atoms with Crippen LogP contribution in [0.15, 0.2) is 42.5 Å². The number of methoxy groups -OCH3 is 1. The van der Waals surface area contributed by atoms with E-state index in [1.807, 2.05) is 0 Å². The molecule has 0 unspecified atom stereocenters. The van der Waals surface area contributed by atoms with Crippen LogP contribution >= 0.6 is 0 Å². The molecule has 0 saturated carbocycles. The van der Waals surface area contributed by atoms with Crippen LogP contribution in [0, 0.1) is 0 Å². The van der Waals surface area contributed by atoms with Crippen molar-refractivity contribution in [2.45, 2.75) is 38.5 Å². The van der Waals surface area contributed by atoms with Crippen LogP contribution < -0.4 is 14.8 Å². The van der Waals surface area contributed by atoms with Gasteiger partial charge in [-0.25, -0.2) is 0 Å². The molecular formula is C21H23NO5. The van der Waals surface area contributed by atoms with Crippen molar-refractivity contribution >= 4 is 11.7 Å². The zero-order valence-electron chi connectivity index (χ0n) is 15.8. The third-order valence-corrected chi connectivity index (χ3v) is 4.79. The van der Waals surface area contributed by atoms with E-state index in [9.17, 15) is 14.7 Å². The highest BCUT2D eigenvalue weighted by Gasteiger charge is 2.44. The Kier molecular flexibility index (Phi) is 4.93. The highest BCUT2D eigenvalue weighted by molar-refractivity contribution is 5.97. The number of para-hydroxylation sites is 1. The number of Topliss-reactive ketones (excluding diaryl/α,β-unsaturated/α-hetero) is 1. The van der Waals surface area contributed by atoms with Gasteiger partial charge in [-0.05, 0) is 51.1 Å².